The number of fused-ring (bicyclic) bond motifs is 1. The lowest BCUT2D eigenvalue weighted by molar-refractivity contribution is -0.131. The molecule has 2 rings (SSSR count). The largest absolute Gasteiger partial charge is 0.390 e. The smallest absolute Gasteiger partial charge is 0.371 e. The van der Waals surface area contributed by atoms with E-state index < -0.39 is 12.6 Å². The number of anilines is 1. The summed E-state index contributed by atoms with van der Waals surface area (Å²) in [4.78, 5) is 4.04. The molecule has 0 aromatic carbocycles. The maximum absolute atomic E-state index is 12.0. The predicted octanol–water partition coefficient (Wildman–Crippen LogP) is 2.70. The Morgan fingerprint density at radius 2 is 2.12 bits per heavy atom. The van der Waals surface area contributed by atoms with Gasteiger partial charge in [-0.2, -0.15) is 13.2 Å². The van der Waals surface area contributed by atoms with Crippen molar-refractivity contribution in [1.82, 2.24) is 9.38 Å². The van der Waals surface area contributed by atoms with Gasteiger partial charge < -0.3 is 5.32 Å². The predicted molar refractivity (Wildman–Crippen MR) is 54.4 cm³/mol. The molecule has 2 heterocycles. The standard InChI is InChI=1S/C10H10F3N3/c11-10(12,13)4-5-14-8-2-1-3-9-15-6-7-16(8)9/h1-3,6-7,14H,4-5H2. The molecule has 0 aliphatic carbocycles. The molecular formula is C10H10F3N3. The summed E-state index contributed by atoms with van der Waals surface area (Å²) in [7, 11) is 0. The number of nitrogens with one attached hydrogen (secondary N) is 1. The molecule has 86 valence electrons. The molecule has 16 heavy (non-hydrogen) atoms. The van der Waals surface area contributed by atoms with E-state index in [1.807, 2.05) is 0 Å². The first kappa shape index (κ1) is 10.8. The minimum Gasteiger partial charge on any atom is -0.371 e. The number of imidazole rings is 1. The third-order valence-electron chi connectivity index (χ3n) is 2.14. The molecule has 0 saturated carbocycles. The number of rotatable bonds is 3. The van der Waals surface area contributed by atoms with Crippen LogP contribution in [0.5, 0.6) is 0 Å². The van der Waals surface area contributed by atoms with Crippen LogP contribution in [0.15, 0.2) is 30.6 Å². The van der Waals surface area contributed by atoms with Crippen LogP contribution in [0.4, 0.5) is 19.0 Å². The summed E-state index contributed by atoms with van der Waals surface area (Å²) in [6.45, 7) is -0.138. The molecule has 0 spiro atoms. The van der Waals surface area contributed by atoms with Gasteiger partial charge in [0.1, 0.15) is 11.5 Å². The lowest BCUT2D eigenvalue weighted by Gasteiger charge is -2.10. The molecule has 3 nitrogen and oxygen atoms in total. The van der Waals surface area contributed by atoms with Gasteiger partial charge in [0, 0.05) is 18.9 Å². The van der Waals surface area contributed by atoms with Gasteiger partial charge in [-0.15, -0.1) is 0 Å². The second-order valence-electron chi connectivity index (χ2n) is 3.36. The molecule has 0 saturated heterocycles. The number of alkyl halides is 3. The highest BCUT2D eigenvalue weighted by atomic mass is 19.4. The number of nitrogens with zero attached hydrogens (tertiary/aromatic N) is 2. The topological polar surface area (TPSA) is 29.3 Å². The quantitative estimate of drug-likeness (QED) is 0.876. The van der Waals surface area contributed by atoms with E-state index in [4.69, 9.17) is 0 Å². The van der Waals surface area contributed by atoms with Crippen molar-refractivity contribution in [3.63, 3.8) is 0 Å². The fourth-order valence-corrected chi connectivity index (χ4v) is 1.42. The number of hydrogen-bond donors (Lipinski definition) is 1. The van der Waals surface area contributed by atoms with Crippen LogP contribution in [-0.2, 0) is 0 Å². The van der Waals surface area contributed by atoms with Crippen LogP contribution in [0.1, 0.15) is 6.42 Å². The minimum absolute atomic E-state index is 0.138. The van der Waals surface area contributed by atoms with E-state index in [9.17, 15) is 13.2 Å². The van der Waals surface area contributed by atoms with Crippen molar-refractivity contribution < 1.29 is 13.2 Å². The van der Waals surface area contributed by atoms with Gasteiger partial charge in [0.15, 0.2) is 0 Å². The van der Waals surface area contributed by atoms with Crippen molar-refractivity contribution in [2.45, 2.75) is 12.6 Å². The zero-order valence-corrected chi connectivity index (χ0v) is 8.33. The van der Waals surface area contributed by atoms with E-state index >= 15 is 0 Å². The van der Waals surface area contributed by atoms with Crippen LogP contribution in [0, 0.1) is 0 Å². The molecule has 1 N–H and O–H groups in total. The van der Waals surface area contributed by atoms with Gasteiger partial charge in [0.2, 0.25) is 0 Å². The second-order valence-corrected chi connectivity index (χ2v) is 3.36. The van der Waals surface area contributed by atoms with E-state index in [1.54, 1.807) is 35.0 Å². The van der Waals surface area contributed by atoms with Crippen molar-refractivity contribution in [3.05, 3.63) is 30.6 Å². The van der Waals surface area contributed by atoms with Crippen LogP contribution in [0.25, 0.3) is 5.65 Å². The zero-order valence-electron chi connectivity index (χ0n) is 8.33. The van der Waals surface area contributed by atoms with Crippen LogP contribution >= 0.6 is 0 Å². The molecule has 0 aliphatic heterocycles. The van der Waals surface area contributed by atoms with Gasteiger partial charge >= 0.3 is 6.18 Å². The molecule has 0 atom stereocenters. The first-order valence-corrected chi connectivity index (χ1v) is 4.79. The molecule has 2 aromatic heterocycles. The van der Waals surface area contributed by atoms with E-state index in [1.165, 1.54) is 0 Å². The van der Waals surface area contributed by atoms with Crippen molar-refractivity contribution in [2.75, 3.05) is 11.9 Å². The third kappa shape index (κ3) is 2.44. The molecule has 0 bridgehead atoms. The number of hydrogen-bond acceptors (Lipinski definition) is 2. The Balaban J connectivity index is 2.07. The highest BCUT2D eigenvalue weighted by Crippen LogP contribution is 2.19. The van der Waals surface area contributed by atoms with Gasteiger partial charge in [0.25, 0.3) is 0 Å². The summed E-state index contributed by atoms with van der Waals surface area (Å²) in [5.74, 6) is 0.610. The van der Waals surface area contributed by atoms with Crippen molar-refractivity contribution >= 4 is 11.5 Å². The fraction of sp³-hybridized carbons (Fsp3) is 0.300. The van der Waals surface area contributed by atoms with E-state index in [2.05, 4.69) is 10.3 Å². The maximum Gasteiger partial charge on any atom is 0.390 e. The van der Waals surface area contributed by atoms with Gasteiger partial charge in [-0.3, -0.25) is 4.40 Å². The Kier molecular flexibility index (Phi) is 2.72. The average molecular weight is 229 g/mol. The van der Waals surface area contributed by atoms with Crippen molar-refractivity contribution in [3.8, 4) is 0 Å². The number of aromatic nitrogens is 2. The van der Waals surface area contributed by atoms with Crippen molar-refractivity contribution in [2.24, 2.45) is 0 Å². The van der Waals surface area contributed by atoms with Gasteiger partial charge in [-0.25, -0.2) is 4.98 Å². The molecule has 0 unspecified atom stereocenters. The minimum atomic E-state index is -4.13. The van der Waals surface area contributed by atoms with Crippen LogP contribution < -0.4 is 5.32 Å². The molecule has 0 fully saturated rings. The summed E-state index contributed by atoms with van der Waals surface area (Å²) >= 11 is 0. The lowest BCUT2D eigenvalue weighted by Crippen LogP contribution is -2.15. The fourth-order valence-electron chi connectivity index (χ4n) is 1.42. The molecule has 0 radical (unpaired) electrons. The van der Waals surface area contributed by atoms with Crippen LogP contribution in [-0.4, -0.2) is 22.1 Å². The number of halogens is 3. The first-order chi connectivity index (χ1) is 7.56. The Hall–Kier alpha value is -1.72. The summed E-state index contributed by atoms with van der Waals surface area (Å²) in [6.07, 6.45) is -1.68. The monoisotopic (exact) mass is 229 g/mol. The molecule has 6 heteroatoms. The lowest BCUT2D eigenvalue weighted by atomic mass is 10.4. The summed E-state index contributed by atoms with van der Waals surface area (Å²) in [5.41, 5.74) is 0.706. The zero-order chi connectivity index (χ0) is 11.6. The van der Waals surface area contributed by atoms with Crippen LogP contribution in [0.2, 0.25) is 0 Å². The second kappa shape index (κ2) is 4.03. The highest BCUT2D eigenvalue weighted by molar-refractivity contribution is 5.49. The van der Waals surface area contributed by atoms with E-state index in [0.29, 0.717) is 11.5 Å². The Labute approximate surface area is 89.9 Å². The Morgan fingerprint density at radius 1 is 1.31 bits per heavy atom. The van der Waals surface area contributed by atoms with Crippen LogP contribution in [0.3, 0.4) is 0 Å². The Bertz CT molecular complexity index is 475. The van der Waals surface area contributed by atoms with E-state index in [-0.39, 0.29) is 6.54 Å². The summed E-state index contributed by atoms with van der Waals surface area (Å²) < 4.78 is 37.6. The molecule has 0 amide bonds. The van der Waals surface area contributed by atoms with Gasteiger partial charge in [-0.05, 0) is 12.1 Å². The molecule has 2 aromatic rings. The highest BCUT2D eigenvalue weighted by Gasteiger charge is 2.26. The molecular weight excluding hydrogens is 219 g/mol. The Morgan fingerprint density at radius 3 is 2.88 bits per heavy atom. The number of pyridine rings is 1. The summed E-state index contributed by atoms with van der Waals surface area (Å²) in [6, 6.07) is 5.25. The summed E-state index contributed by atoms with van der Waals surface area (Å²) in [5, 5.41) is 2.73. The first-order valence-electron chi connectivity index (χ1n) is 4.79. The van der Waals surface area contributed by atoms with E-state index in [0.717, 1.165) is 0 Å². The molecule has 0 aliphatic rings. The van der Waals surface area contributed by atoms with Gasteiger partial charge in [0.05, 0.1) is 6.42 Å². The SMILES string of the molecule is FC(F)(F)CCNc1cccc2nccn12. The normalized spacial score (nSPS) is 11.9. The van der Waals surface area contributed by atoms with Gasteiger partial charge in [-0.1, -0.05) is 6.07 Å². The van der Waals surface area contributed by atoms with Crippen molar-refractivity contribution in [1.29, 1.82) is 0 Å². The maximum atomic E-state index is 12.0. The average Bonchev–Trinajstić information content (AvgIpc) is 2.64. The third-order valence-corrected chi connectivity index (χ3v) is 2.14.